The molecule has 1 atom stereocenters. The lowest BCUT2D eigenvalue weighted by Gasteiger charge is -2.20. The van der Waals surface area contributed by atoms with Crippen LogP contribution in [0.25, 0.3) is 0 Å². The molecular formula is C14H19ClFN. The number of benzene rings is 1. The van der Waals surface area contributed by atoms with Gasteiger partial charge in [-0.1, -0.05) is 30.5 Å². The van der Waals surface area contributed by atoms with E-state index in [9.17, 15) is 4.39 Å². The molecule has 1 N–H and O–H groups in total. The molecular weight excluding hydrogens is 237 g/mol. The molecule has 1 aliphatic carbocycles. The molecule has 0 radical (unpaired) electrons. The summed E-state index contributed by atoms with van der Waals surface area (Å²) in [6.07, 6.45) is 5.28. The molecule has 0 saturated heterocycles. The first-order valence-corrected chi connectivity index (χ1v) is 6.72. The Kier molecular flexibility index (Phi) is 4.41. The van der Waals surface area contributed by atoms with E-state index in [0.717, 1.165) is 5.92 Å². The van der Waals surface area contributed by atoms with Crippen LogP contribution in [0.3, 0.4) is 0 Å². The summed E-state index contributed by atoms with van der Waals surface area (Å²) >= 11 is 5.72. The van der Waals surface area contributed by atoms with E-state index in [2.05, 4.69) is 12.2 Å². The molecule has 1 aliphatic rings. The van der Waals surface area contributed by atoms with Gasteiger partial charge >= 0.3 is 0 Å². The van der Waals surface area contributed by atoms with Gasteiger partial charge in [0, 0.05) is 23.2 Å². The maximum atomic E-state index is 13.6. The second-order valence-electron chi connectivity index (χ2n) is 4.95. The molecule has 1 saturated carbocycles. The Morgan fingerprint density at radius 1 is 1.41 bits per heavy atom. The van der Waals surface area contributed by atoms with Crippen LogP contribution in [0.15, 0.2) is 18.2 Å². The molecule has 0 amide bonds. The van der Waals surface area contributed by atoms with Crippen LogP contribution in [0.2, 0.25) is 5.02 Å². The Balaban J connectivity index is 1.88. The average molecular weight is 256 g/mol. The fourth-order valence-electron chi connectivity index (χ4n) is 2.56. The van der Waals surface area contributed by atoms with E-state index in [1.807, 2.05) is 0 Å². The molecule has 2 rings (SSSR count). The molecule has 0 spiro atoms. The minimum absolute atomic E-state index is 0.219. The topological polar surface area (TPSA) is 12.0 Å². The van der Waals surface area contributed by atoms with Crippen molar-refractivity contribution in [1.82, 2.24) is 5.32 Å². The van der Waals surface area contributed by atoms with Crippen molar-refractivity contribution in [3.05, 3.63) is 34.6 Å². The highest BCUT2D eigenvalue weighted by molar-refractivity contribution is 6.30. The third-order valence-corrected chi connectivity index (χ3v) is 3.97. The lowest BCUT2D eigenvalue weighted by molar-refractivity contribution is 0.378. The molecule has 1 fully saturated rings. The van der Waals surface area contributed by atoms with E-state index < -0.39 is 0 Å². The van der Waals surface area contributed by atoms with E-state index in [1.54, 1.807) is 12.1 Å². The van der Waals surface area contributed by atoms with Crippen LogP contribution < -0.4 is 5.32 Å². The van der Waals surface area contributed by atoms with E-state index in [1.165, 1.54) is 31.7 Å². The third-order valence-electron chi connectivity index (χ3n) is 3.74. The molecule has 1 unspecified atom stereocenters. The van der Waals surface area contributed by atoms with E-state index >= 15 is 0 Å². The lowest BCUT2D eigenvalue weighted by atomic mass is 9.99. The maximum Gasteiger partial charge on any atom is 0.129 e. The van der Waals surface area contributed by atoms with Gasteiger partial charge in [-0.05, 0) is 37.8 Å². The summed E-state index contributed by atoms with van der Waals surface area (Å²) in [5.41, 5.74) is 0.694. The summed E-state index contributed by atoms with van der Waals surface area (Å²) in [7, 11) is 0. The molecule has 17 heavy (non-hydrogen) atoms. The first-order chi connectivity index (χ1) is 8.16. The van der Waals surface area contributed by atoms with Gasteiger partial charge in [-0.25, -0.2) is 4.39 Å². The largest absolute Gasteiger partial charge is 0.310 e. The van der Waals surface area contributed by atoms with E-state index in [0.29, 0.717) is 23.2 Å². The molecule has 94 valence electrons. The number of nitrogens with one attached hydrogen (secondary N) is 1. The Morgan fingerprint density at radius 3 is 2.76 bits per heavy atom. The fourth-order valence-corrected chi connectivity index (χ4v) is 2.72. The molecule has 1 nitrogen and oxygen atoms in total. The molecule has 0 heterocycles. The first kappa shape index (κ1) is 12.8. The summed E-state index contributed by atoms with van der Waals surface area (Å²) in [5.74, 6) is 0.536. The van der Waals surface area contributed by atoms with Crippen LogP contribution in [0, 0.1) is 11.7 Å². The minimum atomic E-state index is -0.219. The molecule has 1 aromatic carbocycles. The predicted octanol–water partition coefficient (Wildman–Crippen LogP) is 4.15. The fraction of sp³-hybridized carbons (Fsp3) is 0.571. The second kappa shape index (κ2) is 5.83. The third kappa shape index (κ3) is 3.43. The number of rotatable bonds is 4. The van der Waals surface area contributed by atoms with Crippen molar-refractivity contribution >= 4 is 11.6 Å². The van der Waals surface area contributed by atoms with Gasteiger partial charge in [-0.2, -0.15) is 0 Å². The van der Waals surface area contributed by atoms with Crippen molar-refractivity contribution in [3.63, 3.8) is 0 Å². The Morgan fingerprint density at radius 2 is 2.12 bits per heavy atom. The van der Waals surface area contributed by atoms with Gasteiger partial charge in [0.05, 0.1) is 0 Å². The van der Waals surface area contributed by atoms with E-state index in [-0.39, 0.29) is 5.82 Å². The Labute approximate surface area is 107 Å². The Hall–Kier alpha value is -0.600. The molecule has 0 aromatic heterocycles. The average Bonchev–Trinajstić information content (AvgIpc) is 2.81. The maximum absolute atomic E-state index is 13.6. The van der Waals surface area contributed by atoms with Crippen molar-refractivity contribution in [1.29, 1.82) is 0 Å². The first-order valence-electron chi connectivity index (χ1n) is 6.34. The summed E-state index contributed by atoms with van der Waals surface area (Å²) in [6.45, 7) is 2.78. The van der Waals surface area contributed by atoms with Crippen molar-refractivity contribution in [3.8, 4) is 0 Å². The van der Waals surface area contributed by atoms with Crippen LogP contribution >= 0.6 is 11.6 Å². The highest BCUT2D eigenvalue weighted by atomic mass is 35.5. The van der Waals surface area contributed by atoms with Gasteiger partial charge in [0.1, 0.15) is 5.82 Å². The zero-order valence-corrected chi connectivity index (χ0v) is 10.9. The zero-order chi connectivity index (χ0) is 12.3. The van der Waals surface area contributed by atoms with Crippen LogP contribution in [0.1, 0.15) is 38.2 Å². The van der Waals surface area contributed by atoms with E-state index in [4.69, 9.17) is 11.6 Å². The van der Waals surface area contributed by atoms with Crippen molar-refractivity contribution in [2.45, 2.75) is 45.2 Å². The smallest absolute Gasteiger partial charge is 0.129 e. The minimum Gasteiger partial charge on any atom is -0.310 e. The second-order valence-corrected chi connectivity index (χ2v) is 5.39. The van der Waals surface area contributed by atoms with Crippen LogP contribution in [0.4, 0.5) is 4.39 Å². The number of hydrogen-bond acceptors (Lipinski definition) is 1. The van der Waals surface area contributed by atoms with Gasteiger partial charge in [0.25, 0.3) is 0 Å². The Bertz CT molecular complexity index is 374. The highest BCUT2D eigenvalue weighted by Crippen LogP contribution is 2.27. The van der Waals surface area contributed by atoms with Gasteiger partial charge < -0.3 is 5.32 Å². The summed E-state index contributed by atoms with van der Waals surface area (Å²) in [4.78, 5) is 0. The summed E-state index contributed by atoms with van der Waals surface area (Å²) < 4.78 is 13.6. The van der Waals surface area contributed by atoms with Crippen LogP contribution in [-0.2, 0) is 6.54 Å². The van der Waals surface area contributed by atoms with Crippen molar-refractivity contribution in [2.75, 3.05) is 0 Å². The standard InChI is InChI=1S/C14H19ClFN/c1-10(11-4-2-3-5-11)17-9-12-6-7-13(15)8-14(12)16/h6-8,10-11,17H,2-5,9H2,1H3. The number of halogens is 2. The molecule has 3 heteroatoms. The summed E-state index contributed by atoms with van der Waals surface area (Å²) in [6, 6.07) is 5.33. The predicted molar refractivity (Wildman–Crippen MR) is 69.7 cm³/mol. The zero-order valence-electron chi connectivity index (χ0n) is 10.2. The summed E-state index contributed by atoms with van der Waals surface area (Å²) in [5, 5.41) is 3.87. The van der Waals surface area contributed by atoms with Crippen molar-refractivity contribution < 1.29 is 4.39 Å². The normalized spacial score (nSPS) is 18.5. The van der Waals surface area contributed by atoms with Crippen LogP contribution in [0.5, 0.6) is 0 Å². The van der Waals surface area contributed by atoms with Gasteiger partial charge in [0.15, 0.2) is 0 Å². The monoisotopic (exact) mass is 255 g/mol. The quantitative estimate of drug-likeness (QED) is 0.852. The highest BCUT2D eigenvalue weighted by Gasteiger charge is 2.21. The van der Waals surface area contributed by atoms with Gasteiger partial charge in [-0.3, -0.25) is 0 Å². The van der Waals surface area contributed by atoms with Crippen LogP contribution in [-0.4, -0.2) is 6.04 Å². The van der Waals surface area contributed by atoms with Gasteiger partial charge in [0.2, 0.25) is 0 Å². The molecule has 1 aromatic rings. The SMILES string of the molecule is CC(NCc1ccc(Cl)cc1F)C1CCCC1. The molecule has 0 aliphatic heterocycles. The van der Waals surface area contributed by atoms with Gasteiger partial charge in [-0.15, -0.1) is 0 Å². The van der Waals surface area contributed by atoms with Crippen molar-refractivity contribution in [2.24, 2.45) is 5.92 Å². The number of hydrogen-bond donors (Lipinski definition) is 1. The lowest BCUT2D eigenvalue weighted by Crippen LogP contribution is -2.32. The molecule has 0 bridgehead atoms.